The molecule has 1 aromatic heterocycles. The van der Waals surface area contributed by atoms with E-state index < -0.39 is 0 Å². The van der Waals surface area contributed by atoms with Gasteiger partial charge in [-0.15, -0.1) is 0 Å². The molecule has 0 atom stereocenters. The Balaban J connectivity index is 2.15. The molecule has 22 heavy (non-hydrogen) atoms. The summed E-state index contributed by atoms with van der Waals surface area (Å²) in [4.78, 5) is 4.26. The van der Waals surface area contributed by atoms with Gasteiger partial charge in [0, 0.05) is 23.3 Å². The number of hydrogen-bond acceptors (Lipinski definition) is 4. The molecule has 0 bridgehead atoms. The summed E-state index contributed by atoms with van der Waals surface area (Å²) in [6.45, 7) is 0. The molecule has 5 heteroatoms. The summed E-state index contributed by atoms with van der Waals surface area (Å²) in [7, 11) is 1.58. The smallest absolute Gasteiger partial charge is 0.125 e. The van der Waals surface area contributed by atoms with Crippen LogP contribution < -0.4 is 10.1 Å². The molecule has 0 aliphatic rings. The number of anilines is 2. The molecule has 0 saturated heterocycles. The van der Waals surface area contributed by atoms with Gasteiger partial charge in [-0.05, 0) is 30.3 Å². The topological polar surface area (TPSA) is 57.9 Å². The molecule has 0 amide bonds. The molecule has 3 aromatic rings. The number of nitrogens with zero attached hydrogens (tertiary/aromatic N) is 2. The van der Waals surface area contributed by atoms with Gasteiger partial charge < -0.3 is 10.1 Å². The van der Waals surface area contributed by atoms with E-state index in [0.29, 0.717) is 28.2 Å². The molecular formula is C17H12FN3O. The van der Waals surface area contributed by atoms with E-state index >= 15 is 0 Å². The van der Waals surface area contributed by atoms with Crippen LogP contribution in [-0.4, -0.2) is 12.1 Å². The highest BCUT2D eigenvalue weighted by molar-refractivity contribution is 5.96. The molecule has 0 fully saturated rings. The van der Waals surface area contributed by atoms with Gasteiger partial charge >= 0.3 is 0 Å². The molecule has 3 rings (SSSR count). The van der Waals surface area contributed by atoms with Crippen molar-refractivity contribution in [3.05, 3.63) is 60.0 Å². The van der Waals surface area contributed by atoms with Crippen molar-refractivity contribution in [2.45, 2.75) is 0 Å². The standard InChI is InChI=1S/C17H12FN3O/c1-22-14-5-6-15-16(8-14)20-10-11(9-19)17(15)21-13-4-2-3-12(18)7-13/h2-8,10H,1H3,(H,20,21). The molecular weight excluding hydrogens is 281 g/mol. The highest BCUT2D eigenvalue weighted by Crippen LogP contribution is 2.30. The number of aromatic nitrogens is 1. The van der Waals surface area contributed by atoms with Gasteiger partial charge in [-0.3, -0.25) is 4.98 Å². The molecule has 2 aromatic carbocycles. The number of benzene rings is 2. The second-order valence-electron chi connectivity index (χ2n) is 4.68. The summed E-state index contributed by atoms with van der Waals surface area (Å²) in [5.74, 6) is 0.338. The van der Waals surface area contributed by atoms with Crippen LogP contribution in [0.5, 0.6) is 5.75 Å². The summed E-state index contributed by atoms with van der Waals surface area (Å²) < 4.78 is 18.5. The Morgan fingerprint density at radius 2 is 2.09 bits per heavy atom. The maximum atomic E-state index is 13.3. The van der Waals surface area contributed by atoms with Crippen LogP contribution in [0.4, 0.5) is 15.8 Å². The van der Waals surface area contributed by atoms with E-state index in [1.165, 1.54) is 18.3 Å². The third kappa shape index (κ3) is 2.54. The molecule has 0 saturated carbocycles. The monoisotopic (exact) mass is 293 g/mol. The van der Waals surface area contributed by atoms with Gasteiger partial charge in [0.05, 0.1) is 23.9 Å². The van der Waals surface area contributed by atoms with Crippen molar-refractivity contribution in [1.82, 2.24) is 4.98 Å². The zero-order valence-electron chi connectivity index (χ0n) is 11.8. The minimum absolute atomic E-state index is 0.344. The maximum Gasteiger partial charge on any atom is 0.125 e. The van der Waals surface area contributed by atoms with Crippen LogP contribution in [0.15, 0.2) is 48.7 Å². The van der Waals surface area contributed by atoms with E-state index in [1.807, 2.05) is 6.07 Å². The first-order valence-electron chi connectivity index (χ1n) is 6.60. The average molecular weight is 293 g/mol. The number of nitriles is 1. The lowest BCUT2D eigenvalue weighted by atomic mass is 10.1. The number of fused-ring (bicyclic) bond motifs is 1. The summed E-state index contributed by atoms with van der Waals surface area (Å²) in [5.41, 5.74) is 2.25. The van der Waals surface area contributed by atoms with Crippen LogP contribution in [0, 0.1) is 17.1 Å². The highest BCUT2D eigenvalue weighted by atomic mass is 19.1. The van der Waals surface area contributed by atoms with Crippen molar-refractivity contribution < 1.29 is 9.13 Å². The number of hydrogen-bond donors (Lipinski definition) is 1. The SMILES string of the molecule is COc1ccc2c(Nc3cccc(F)c3)c(C#N)cnc2c1. The lowest BCUT2D eigenvalue weighted by Gasteiger charge is -2.12. The number of nitrogens with one attached hydrogen (secondary N) is 1. The predicted molar refractivity (Wildman–Crippen MR) is 82.7 cm³/mol. The first-order valence-corrected chi connectivity index (χ1v) is 6.60. The van der Waals surface area contributed by atoms with E-state index in [-0.39, 0.29) is 5.82 Å². The van der Waals surface area contributed by atoms with Crippen LogP contribution in [0.25, 0.3) is 10.9 Å². The third-order valence-corrected chi connectivity index (χ3v) is 3.29. The van der Waals surface area contributed by atoms with Crippen LogP contribution in [-0.2, 0) is 0 Å². The summed E-state index contributed by atoms with van der Waals surface area (Å²) in [6, 6.07) is 13.6. The van der Waals surface area contributed by atoms with Crippen molar-refractivity contribution in [2.24, 2.45) is 0 Å². The normalized spacial score (nSPS) is 10.2. The lowest BCUT2D eigenvalue weighted by Crippen LogP contribution is -1.97. The predicted octanol–water partition coefficient (Wildman–Crippen LogP) is 4.00. The van der Waals surface area contributed by atoms with Crippen LogP contribution >= 0.6 is 0 Å². The molecule has 0 aliphatic heterocycles. The van der Waals surface area contributed by atoms with Crippen LogP contribution in [0.3, 0.4) is 0 Å². The number of halogens is 1. The molecule has 0 unspecified atom stereocenters. The Morgan fingerprint density at radius 1 is 1.23 bits per heavy atom. The van der Waals surface area contributed by atoms with E-state index in [4.69, 9.17) is 4.74 Å². The zero-order chi connectivity index (χ0) is 15.5. The average Bonchev–Trinajstić information content (AvgIpc) is 2.54. The van der Waals surface area contributed by atoms with Gasteiger partial charge in [0.15, 0.2) is 0 Å². The van der Waals surface area contributed by atoms with Crippen molar-refractivity contribution in [1.29, 1.82) is 5.26 Å². The summed E-state index contributed by atoms with van der Waals surface area (Å²) >= 11 is 0. The van der Waals surface area contributed by atoms with Crippen LogP contribution in [0.1, 0.15) is 5.56 Å². The largest absolute Gasteiger partial charge is 0.497 e. The van der Waals surface area contributed by atoms with Gasteiger partial charge in [-0.25, -0.2) is 4.39 Å². The van der Waals surface area contributed by atoms with E-state index in [9.17, 15) is 9.65 Å². The third-order valence-electron chi connectivity index (χ3n) is 3.29. The Kier molecular flexibility index (Phi) is 3.58. The van der Waals surface area contributed by atoms with Gasteiger partial charge in [0.25, 0.3) is 0 Å². The second kappa shape index (κ2) is 5.70. The van der Waals surface area contributed by atoms with E-state index in [1.54, 1.807) is 31.4 Å². The lowest BCUT2D eigenvalue weighted by molar-refractivity contribution is 0.415. The van der Waals surface area contributed by atoms with Gasteiger partial charge in [-0.2, -0.15) is 5.26 Å². The minimum atomic E-state index is -0.344. The molecule has 108 valence electrons. The Bertz CT molecular complexity index is 887. The van der Waals surface area contributed by atoms with Gasteiger partial charge in [-0.1, -0.05) is 6.07 Å². The fourth-order valence-electron chi connectivity index (χ4n) is 2.23. The van der Waals surface area contributed by atoms with Crippen molar-refractivity contribution in [3.8, 4) is 11.8 Å². The van der Waals surface area contributed by atoms with Crippen molar-refractivity contribution in [2.75, 3.05) is 12.4 Å². The Morgan fingerprint density at radius 3 is 2.82 bits per heavy atom. The fraction of sp³-hybridized carbons (Fsp3) is 0.0588. The maximum absolute atomic E-state index is 13.3. The van der Waals surface area contributed by atoms with Gasteiger partial charge in [0.1, 0.15) is 17.6 Å². The molecule has 0 aliphatic carbocycles. The second-order valence-corrected chi connectivity index (χ2v) is 4.68. The summed E-state index contributed by atoms with van der Waals surface area (Å²) in [6.07, 6.45) is 1.49. The van der Waals surface area contributed by atoms with Crippen molar-refractivity contribution in [3.63, 3.8) is 0 Å². The quantitative estimate of drug-likeness (QED) is 0.793. The Labute approximate surface area is 126 Å². The van der Waals surface area contributed by atoms with Crippen LogP contribution in [0.2, 0.25) is 0 Å². The fourth-order valence-corrected chi connectivity index (χ4v) is 2.23. The van der Waals surface area contributed by atoms with Crippen molar-refractivity contribution >= 4 is 22.3 Å². The van der Waals surface area contributed by atoms with Gasteiger partial charge in [0.2, 0.25) is 0 Å². The minimum Gasteiger partial charge on any atom is -0.497 e. The molecule has 0 radical (unpaired) electrons. The number of rotatable bonds is 3. The zero-order valence-corrected chi connectivity index (χ0v) is 11.8. The highest BCUT2D eigenvalue weighted by Gasteiger charge is 2.10. The number of ether oxygens (including phenoxy) is 1. The molecule has 1 N–H and O–H groups in total. The first-order chi connectivity index (χ1) is 10.7. The summed E-state index contributed by atoms with van der Waals surface area (Å²) in [5, 5.41) is 13.2. The molecule has 1 heterocycles. The van der Waals surface area contributed by atoms with E-state index in [0.717, 1.165) is 5.39 Å². The van der Waals surface area contributed by atoms with E-state index in [2.05, 4.69) is 16.4 Å². The Hall–Kier alpha value is -3.13. The first kappa shape index (κ1) is 13.8. The molecule has 0 spiro atoms. The number of methoxy groups -OCH3 is 1. The number of pyridine rings is 1. The molecule has 4 nitrogen and oxygen atoms in total.